The molecule has 0 bridgehead atoms. The lowest BCUT2D eigenvalue weighted by molar-refractivity contribution is 0.0809. The Hall–Kier alpha value is -0.800. The standard InChI is InChI=1S/C13H22N2O/c1-3-12(13-5-4-8-16-13)15-7-6-11(14)9-10(15)2/h4-5,8,10-12H,3,6-7,9,14H2,1-2H3. The van der Waals surface area contributed by atoms with Crippen molar-refractivity contribution in [3.8, 4) is 0 Å². The molecule has 1 fully saturated rings. The van der Waals surface area contributed by atoms with Crippen LogP contribution >= 0.6 is 0 Å². The predicted molar refractivity (Wildman–Crippen MR) is 65.1 cm³/mol. The largest absolute Gasteiger partial charge is 0.468 e. The summed E-state index contributed by atoms with van der Waals surface area (Å²) >= 11 is 0. The number of nitrogens with two attached hydrogens (primary N) is 1. The van der Waals surface area contributed by atoms with Crippen LogP contribution in [0.25, 0.3) is 0 Å². The molecule has 1 saturated heterocycles. The molecule has 0 aromatic carbocycles. The fraction of sp³-hybridized carbons (Fsp3) is 0.692. The number of likely N-dealkylation sites (tertiary alicyclic amines) is 1. The fourth-order valence-corrected chi connectivity index (χ4v) is 2.77. The minimum absolute atomic E-state index is 0.375. The normalized spacial score (nSPS) is 29.2. The molecule has 0 saturated carbocycles. The van der Waals surface area contributed by atoms with E-state index in [1.807, 2.05) is 6.07 Å². The average molecular weight is 222 g/mol. The van der Waals surface area contributed by atoms with Gasteiger partial charge in [0.2, 0.25) is 0 Å². The maximum atomic E-state index is 6.00. The van der Waals surface area contributed by atoms with E-state index >= 15 is 0 Å². The van der Waals surface area contributed by atoms with Crippen molar-refractivity contribution >= 4 is 0 Å². The zero-order chi connectivity index (χ0) is 11.5. The first-order valence-corrected chi connectivity index (χ1v) is 6.27. The van der Waals surface area contributed by atoms with Crippen molar-refractivity contribution in [2.45, 2.75) is 51.2 Å². The van der Waals surface area contributed by atoms with Gasteiger partial charge in [-0.2, -0.15) is 0 Å². The summed E-state index contributed by atoms with van der Waals surface area (Å²) in [6, 6.07) is 5.39. The Balaban J connectivity index is 2.10. The van der Waals surface area contributed by atoms with Crippen LogP contribution in [-0.2, 0) is 0 Å². The lowest BCUT2D eigenvalue weighted by Gasteiger charge is -2.40. The summed E-state index contributed by atoms with van der Waals surface area (Å²) in [5, 5.41) is 0. The van der Waals surface area contributed by atoms with Gasteiger partial charge < -0.3 is 10.2 Å². The second-order valence-electron chi connectivity index (χ2n) is 4.81. The minimum atomic E-state index is 0.375. The number of nitrogens with zero attached hydrogens (tertiary/aromatic N) is 1. The van der Waals surface area contributed by atoms with E-state index in [0.717, 1.165) is 31.6 Å². The molecule has 0 aliphatic carbocycles. The quantitative estimate of drug-likeness (QED) is 0.854. The lowest BCUT2D eigenvalue weighted by Crippen LogP contribution is -2.46. The van der Waals surface area contributed by atoms with Gasteiger partial charge in [0.1, 0.15) is 5.76 Å². The molecule has 1 aromatic rings. The van der Waals surface area contributed by atoms with E-state index in [2.05, 4.69) is 24.8 Å². The van der Waals surface area contributed by atoms with Gasteiger partial charge in [-0.05, 0) is 38.3 Å². The number of hydrogen-bond acceptors (Lipinski definition) is 3. The first-order valence-electron chi connectivity index (χ1n) is 6.27. The molecule has 3 atom stereocenters. The van der Waals surface area contributed by atoms with Crippen molar-refractivity contribution in [2.24, 2.45) is 5.73 Å². The summed E-state index contributed by atoms with van der Waals surface area (Å²) in [6.45, 7) is 5.57. The number of hydrogen-bond donors (Lipinski definition) is 1. The van der Waals surface area contributed by atoms with Crippen LogP contribution in [0, 0.1) is 0 Å². The zero-order valence-electron chi connectivity index (χ0n) is 10.2. The van der Waals surface area contributed by atoms with Crippen LogP contribution in [0.1, 0.15) is 44.9 Å². The smallest absolute Gasteiger partial charge is 0.120 e. The van der Waals surface area contributed by atoms with Gasteiger partial charge in [-0.3, -0.25) is 4.90 Å². The highest BCUT2D eigenvalue weighted by Gasteiger charge is 2.30. The maximum Gasteiger partial charge on any atom is 0.120 e. The third kappa shape index (κ3) is 2.30. The molecule has 2 rings (SSSR count). The Kier molecular flexibility index (Phi) is 3.66. The Bertz CT molecular complexity index is 310. The van der Waals surface area contributed by atoms with Crippen LogP contribution in [0.5, 0.6) is 0 Å². The van der Waals surface area contributed by atoms with Gasteiger partial charge in [-0.25, -0.2) is 0 Å². The van der Waals surface area contributed by atoms with Gasteiger partial charge in [-0.15, -0.1) is 0 Å². The van der Waals surface area contributed by atoms with Crippen LogP contribution in [0.4, 0.5) is 0 Å². The van der Waals surface area contributed by atoms with E-state index in [4.69, 9.17) is 10.2 Å². The molecule has 16 heavy (non-hydrogen) atoms. The predicted octanol–water partition coefficient (Wildman–Crippen LogP) is 2.54. The second kappa shape index (κ2) is 5.02. The van der Waals surface area contributed by atoms with Gasteiger partial charge >= 0.3 is 0 Å². The molecule has 0 amide bonds. The summed E-state index contributed by atoms with van der Waals surface area (Å²) < 4.78 is 5.54. The third-order valence-corrected chi connectivity index (χ3v) is 3.63. The van der Waals surface area contributed by atoms with Crippen LogP contribution in [-0.4, -0.2) is 23.5 Å². The SMILES string of the molecule is CCC(c1ccco1)N1CCC(N)CC1C. The van der Waals surface area contributed by atoms with E-state index in [1.54, 1.807) is 6.26 Å². The van der Waals surface area contributed by atoms with E-state index in [9.17, 15) is 0 Å². The van der Waals surface area contributed by atoms with Gasteiger partial charge in [-0.1, -0.05) is 6.92 Å². The van der Waals surface area contributed by atoms with Crippen molar-refractivity contribution in [3.05, 3.63) is 24.2 Å². The average Bonchev–Trinajstić information content (AvgIpc) is 2.75. The first-order chi connectivity index (χ1) is 7.72. The molecule has 0 spiro atoms. The van der Waals surface area contributed by atoms with Gasteiger partial charge in [0, 0.05) is 18.6 Å². The number of furan rings is 1. The molecule has 0 radical (unpaired) electrons. The topological polar surface area (TPSA) is 42.4 Å². The van der Waals surface area contributed by atoms with Crippen LogP contribution < -0.4 is 5.73 Å². The Labute approximate surface area is 97.6 Å². The van der Waals surface area contributed by atoms with Crippen molar-refractivity contribution < 1.29 is 4.42 Å². The third-order valence-electron chi connectivity index (χ3n) is 3.63. The van der Waals surface area contributed by atoms with Gasteiger partial charge in [0.25, 0.3) is 0 Å². The molecule has 2 N–H and O–H groups in total. The maximum absolute atomic E-state index is 6.00. The highest BCUT2D eigenvalue weighted by Crippen LogP contribution is 2.30. The molecule has 3 unspecified atom stereocenters. The summed E-state index contributed by atoms with van der Waals surface area (Å²) in [6.07, 6.45) is 5.05. The van der Waals surface area contributed by atoms with E-state index in [1.165, 1.54) is 0 Å². The summed E-state index contributed by atoms with van der Waals surface area (Å²) in [7, 11) is 0. The zero-order valence-corrected chi connectivity index (χ0v) is 10.2. The minimum Gasteiger partial charge on any atom is -0.468 e. The highest BCUT2D eigenvalue weighted by atomic mass is 16.3. The fourth-order valence-electron chi connectivity index (χ4n) is 2.77. The van der Waals surface area contributed by atoms with E-state index < -0.39 is 0 Å². The van der Waals surface area contributed by atoms with Gasteiger partial charge in [0.15, 0.2) is 0 Å². The monoisotopic (exact) mass is 222 g/mol. The molecule has 1 aliphatic rings. The van der Waals surface area contributed by atoms with E-state index in [-0.39, 0.29) is 0 Å². The van der Waals surface area contributed by atoms with Gasteiger partial charge in [0.05, 0.1) is 12.3 Å². The van der Waals surface area contributed by atoms with Crippen LogP contribution in [0.15, 0.2) is 22.8 Å². The highest BCUT2D eigenvalue weighted by molar-refractivity contribution is 5.05. The summed E-state index contributed by atoms with van der Waals surface area (Å²) in [5.41, 5.74) is 6.00. The molecule has 3 heteroatoms. The molecular formula is C13H22N2O. The molecule has 1 aromatic heterocycles. The van der Waals surface area contributed by atoms with Crippen LogP contribution in [0.3, 0.4) is 0 Å². The Morgan fingerprint density at radius 2 is 2.44 bits per heavy atom. The Morgan fingerprint density at radius 1 is 1.62 bits per heavy atom. The summed E-state index contributed by atoms with van der Waals surface area (Å²) in [5.74, 6) is 1.09. The molecule has 1 aliphatic heterocycles. The van der Waals surface area contributed by atoms with Crippen molar-refractivity contribution in [1.82, 2.24) is 4.90 Å². The number of piperidine rings is 1. The molecule has 90 valence electrons. The van der Waals surface area contributed by atoms with Crippen molar-refractivity contribution in [3.63, 3.8) is 0 Å². The van der Waals surface area contributed by atoms with Crippen molar-refractivity contribution in [1.29, 1.82) is 0 Å². The van der Waals surface area contributed by atoms with E-state index in [0.29, 0.717) is 18.1 Å². The molecular weight excluding hydrogens is 200 g/mol. The number of rotatable bonds is 3. The molecule has 3 nitrogen and oxygen atoms in total. The molecule has 2 heterocycles. The Morgan fingerprint density at radius 3 is 3.00 bits per heavy atom. The summed E-state index contributed by atoms with van der Waals surface area (Å²) in [4.78, 5) is 2.53. The first kappa shape index (κ1) is 11.7. The van der Waals surface area contributed by atoms with Crippen molar-refractivity contribution in [2.75, 3.05) is 6.54 Å². The van der Waals surface area contributed by atoms with Crippen LogP contribution in [0.2, 0.25) is 0 Å². The second-order valence-corrected chi connectivity index (χ2v) is 4.81. The lowest BCUT2D eigenvalue weighted by atomic mass is 9.95.